The van der Waals surface area contributed by atoms with E-state index in [0.717, 1.165) is 0 Å². The van der Waals surface area contributed by atoms with Crippen molar-refractivity contribution in [2.24, 2.45) is 0 Å². The molecule has 0 aliphatic carbocycles. The highest BCUT2D eigenvalue weighted by atomic mass is 79.9. The predicted octanol–water partition coefficient (Wildman–Crippen LogP) is 3.03. The van der Waals surface area contributed by atoms with E-state index in [9.17, 15) is 4.79 Å². The van der Waals surface area contributed by atoms with Gasteiger partial charge in [-0.05, 0) is 35.0 Å². The van der Waals surface area contributed by atoms with Crippen LogP contribution in [0.1, 0.15) is 21.8 Å². The van der Waals surface area contributed by atoms with Gasteiger partial charge in [0.15, 0.2) is 0 Å². The van der Waals surface area contributed by atoms with Gasteiger partial charge in [-0.3, -0.25) is 4.79 Å². The van der Waals surface area contributed by atoms with Gasteiger partial charge in [-0.15, -0.1) is 0 Å². The van der Waals surface area contributed by atoms with E-state index in [1.54, 1.807) is 30.1 Å². The molecule has 0 saturated heterocycles. The summed E-state index contributed by atoms with van der Waals surface area (Å²) in [5, 5.41) is 3.89. The Kier molecular flexibility index (Phi) is 5.07. The van der Waals surface area contributed by atoms with E-state index >= 15 is 0 Å². The minimum Gasteiger partial charge on any atom is -0.495 e. The lowest BCUT2D eigenvalue weighted by Gasteiger charge is -2.17. The standard InChI is InChI=1S/C15H17BrN2O4/c1-9-5-11(17-22-9)8-18(2)15(19)10-6-12(20-3)14(16)13(7-10)21-4/h5-7H,8H2,1-4H3. The monoisotopic (exact) mass is 368 g/mol. The topological polar surface area (TPSA) is 64.8 Å². The number of methoxy groups -OCH3 is 2. The van der Waals surface area contributed by atoms with Crippen molar-refractivity contribution in [3.8, 4) is 11.5 Å². The predicted molar refractivity (Wildman–Crippen MR) is 84.3 cm³/mol. The Morgan fingerprint density at radius 1 is 1.27 bits per heavy atom. The van der Waals surface area contributed by atoms with Crippen LogP contribution in [0.25, 0.3) is 0 Å². The van der Waals surface area contributed by atoms with Crippen molar-refractivity contribution in [3.05, 3.63) is 39.7 Å². The Morgan fingerprint density at radius 2 is 1.86 bits per heavy atom. The maximum atomic E-state index is 12.5. The van der Waals surface area contributed by atoms with Gasteiger partial charge in [-0.2, -0.15) is 0 Å². The van der Waals surface area contributed by atoms with E-state index in [4.69, 9.17) is 14.0 Å². The summed E-state index contributed by atoms with van der Waals surface area (Å²) in [6.07, 6.45) is 0. The number of carbonyl (C=O) groups is 1. The summed E-state index contributed by atoms with van der Waals surface area (Å²) in [6.45, 7) is 2.17. The molecule has 1 aromatic carbocycles. The fourth-order valence-corrected chi connectivity index (χ4v) is 2.57. The Morgan fingerprint density at radius 3 is 2.32 bits per heavy atom. The van der Waals surface area contributed by atoms with Crippen LogP contribution in [0, 0.1) is 6.92 Å². The van der Waals surface area contributed by atoms with Crippen LogP contribution >= 0.6 is 15.9 Å². The van der Waals surface area contributed by atoms with Crippen LogP contribution in [-0.2, 0) is 6.54 Å². The van der Waals surface area contributed by atoms with Crippen LogP contribution in [0.4, 0.5) is 0 Å². The third-order valence-corrected chi connectivity index (χ3v) is 3.90. The second-order valence-corrected chi connectivity index (χ2v) is 5.58. The lowest BCUT2D eigenvalue weighted by molar-refractivity contribution is 0.0781. The molecule has 0 atom stereocenters. The van der Waals surface area contributed by atoms with Crippen LogP contribution in [0.3, 0.4) is 0 Å². The van der Waals surface area contributed by atoms with Crippen LogP contribution < -0.4 is 9.47 Å². The van der Waals surface area contributed by atoms with E-state index in [2.05, 4.69) is 21.1 Å². The number of ether oxygens (including phenoxy) is 2. The number of rotatable bonds is 5. The van der Waals surface area contributed by atoms with Crippen LogP contribution in [-0.4, -0.2) is 37.2 Å². The number of amides is 1. The normalized spacial score (nSPS) is 10.4. The first kappa shape index (κ1) is 16.4. The van der Waals surface area contributed by atoms with Crippen LogP contribution in [0.15, 0.2) is 27.2 Å². The molecule has 22 heavy (non-hydrogen) atoms. The molecule has 0 radical (unpaired) electrons. The minimum absolute atomic E-state index is 0.162. The number of carbonyl (C=O) groups excluding carboxylic acids is 1. The average Bonchev–Trinajstić information content (AvgIpc) is 2.91. The zero-order chi connectivity index (χ0) is 16.3. The van der Waals surface area contributed by atoms with Gasteiger partial charge < -0.3 is 18.9 Å². The first-order valence-electron chi connectivity index (χ1n) is 6.55. The van der Waals surface area contributed by atoms with E-state index in [1.165, 1.54) is 14.2 Å². The van der Waals surface area contributed by atoms with Crippen molar-refractivity contribution in [2.45, 2.75) is 13.5 Å². The van der Waals surface area contributed by atoms with Crippen LogP contribution in [0.5, 0.6) is 11.5 Å². The summed E-state index contributed by atoms with van der Waals surface area (Å²) in [5.74, 6) is 1.62. The molecule has 118 valence electrons. The quantitative estimate of drug-likeness (QED) is 0.811. The Hall–Kier alpha value is -2.02. The minimum atomic E-state index is -0.162. The third kappa shape index (κ3) is 3.41. The summed E-state index contributed by atoms with van der Waals surface area (Å²) in [5.41, 5.74) is 1.17. The summed E-state index contributed by atoms with van der Waals surface area (Å²) < 4.78 is 16.2. The fourth-order valence-electron chi connectivity index (χ4n) is 2.02. The maximum Gasteiger partial charge on any atom is 0.254 e. The van der Waals surface area contributed by atoms with Crippen molar-refractivity contribution in [1.29, 1.82) is 0 Å². The van der Waals surface area contributed by atoms with Gasteiger partial charge in [0.1, 0.15) is 27.4 Å². The van der Waals surface area contributed by atoms with Crippen molar-refractivity contribution >= 4 is 21.8 Å². The first-order chi connectivity index (χ1) is 10.5. The molecule has 1 amide bonds. The highest BCUT2D eigenvalue weighted by molar-refractivity contribution is 9.10. The summed E-state index contributed by atoms with van der Waals surface area (Å²) in [6, 6.07) is 5.13. The van der Waals surface area contributed by atoms with Gasteiger partial charge in [0.25, 0.3) is 5.91 Å². The second kappa shape index (κ2) is 6.83. The molecule has 0 fully saturated rings. The maximum absolute atomic E-state index is 12.5. The summed E-state index contributed by atoms with van der Waals surface area (Å²) >= 11 is 3.38. The summed E-state index contributed by atoms with van der Waals surface area (Å²) in [7, 11) is 4.78. The van der Waals surface area contributed by atoms with Crippen molar-refractivity contribution in [3.63, 3.8) is 0 Å². The molecule has 1 heterocycles. The van der Waals surface area contributed by atoms with Gasteiger partial charge in [-0.1, -0.05) is 5.16 Å². The molecule has 7 heteroatoms. The van der Waals surface area contributed by atoms with Gasteiger partial charge in [0.05, 0.1) is 20.8 Å². The van der Waals surface area contributed by atoms with Gasteiger partial charge in [-0.25, -0.2) is 0 Å². The molecule has 0 N–H and O–H groups in total. The number of benzene rings is 1. The van der Waals surface area contributed by atoms with Crippen LogP contribution in [0.2, 0.25) is 0 Å². The molecular formula is C15H17BrN2O4. The molecular weight excluding hydrogens is 352 g/mol. The average molecular weight is 369 g/mol. The molecule has 0 aliphatic rings. The first-order valence-corrected chi connectivity index (χ1v) is 7.34. The van der Waals surface area contributed by atoms with E-state index in [1.807, 2.05) is 6.92 Å². The summed E-state index contributed by atoms with van der Waals surface area (Å²) in [4.78, 5) is 14.1. The highest BCUT2D eigenvalue weighted by Gasteiger charge is 2.18. The molecule has 0 aliphatic heterocycles. The molecule has 0 spiro atoms. The zero-order valence-corrected chi connectivity index (χ0v) is 14.4. The van der Waals surface area contributed by atoms with E-state index < -0.39 is 0 Å². The van der Waals surface area contributed by atoms with E-state index in [-0.39, 0.29) is 5.91 Å². The Balaban J connectivity index is 2.24. The molecule has 2 rings (SSSR count). The number of aryl methyl sites for hydroxylation is 1. The number of hydrogen-bond donors (Lipinski definition) is 0. The third-order valence-electron chi connectivity index (χ3n) is 3.12. The fraction of sp³-hybridized carbons (Fsp3) is 0.333. The lowest BCUT2D eigenvalue weighted by atomic mass is 10.1. The molecule has 1 aromatic heterocycles. The van der Waals surface area contributed by atoms with Gasteiger partial charge >= 0.3 is 0 Å². The number of hydrogen-bond acceptors (Lipinski definition) is 5. The molecule has 0 bridgehead atoms. The van der Waals surface area contributed by atoms with Crippen molar-refractivity contribution in [2.75, 3.05) is 21.3 Å². The van der Waals surface area contributed by atoms with E-state index in [0.29, 0.717) is 39.5 Å². The second-order valence-electron chi connectivity index (χ2n) is 4.78. The van der Waals surface area contributed by atoms with Crippen molar-refractivity contribution < 1.29 is 18.8 Å². The highest BCUT2D eigenvalue weighted by Crippen LogP contribution is 2.35. The largest absolute Gasteiger partial charge is 0.495 e. The molecule has 6 nitrogen and oxygen atoms in total. The van der Waals surface area contributed by atoms with Gasteiger partial charge in [0, 0.05) is 18.7 Å². The number of halogens is 1. The molecule has 0 saturated carbocycles. The van der Waals surface area contributed by atoms with Crippen molar-refractivity contribution in [1.82, 2.24) is 10.1 Å². The number of nitrogens with zero attached hydrogens (tertiary/aromatic N) is 2. The zero-order valence-electron chi connectivity index (χ0n) is 12.8. The molecule has 2 aromatic rings. The Bertz CT molecular complexity index is 659. The Labute approximate surface area is 137 Å². The smallest absolute Gasteiger partial charge is 0.254 e. The van der Waals surface area contributed by atoms with Gasteiger partial charge in [0.2, 0.25) is 0 Å². The molecule has 0 unspecified atom stereocenters. The SMILES string of the molecule is COc1cc(C(=O)N(C)Cc2cc(C)on2)cc(OC)c1Br. The lowest BCUT2D eigenvalue weighted by Crippen LogP contribution is -2.26. The number of aromatic nitrogens is 1.